The Bertz CT molecular complexity index is 808. The number of benzene rings is 2. The van der Waals surface area contributed by atoms with E-state index in [1.54, 1.807) is 24.5 Å². The molecule has 21 heavy (non-hydrogen) atoms. The van der Waals surface area contributed by atoms with Crippen molar-refractivity contribution in [2.24, 2.45) is 0 Å². The lowest BCUT2D eigenvalue weighted by Gasteiger charge is -2.10. The van der Waals surface area contributed by atoms with Gasteiger partial charge in [0.25, 0.3) is 5.91 Å². The zero-order valence-corrected chi connectivity index (χ0v) is 10.9. The predicted molar refractivity (Wildman–Crippen MR) is 77.8 cm³/mol. The van der Waals surface area contributed by atoms with Crippen LogP contribution in [0.1, 0.15) is 10.4 Å². The summed E-state index contributed by atoms with van der Waals surface area (Å²) in [4.78, 5) is 16.2. The molecule has 0 bridgehead atoms. The molecule has 0 aliphatic rings. The first kappa shape index (κ1) is 13.1. The molecule has 2 aromatic carbocycles. The minimum absolute atomic E-state index is 0.376. The summed E-state index contributed by atoms with van der Waals surface area (Å²) in [6, 6.07) is 10.9. The molecule has 0 aliphatic carbocycles. The topological polar surface area (TPSA) is 62.2 Å². The first-order valence-electron chi connectivity index (χ1n) is 6.28. The number of halogens is 1. The highest BCUT2D eigenvalue weighted by molar-refractivity contribution is 6.10. The van der Waals surface area contributed by atoms with Gasteiger partial charge in [-0.2, -0.15) is 0 Å². The Kier molecular flexibility index (Phi) is 3.23. The van der Waals surface area contributed by atoms with E-state index in [-0.39, 0.29) is 5.56 Å². The number of anilines is 1. The van der Waals surface area contributed by atoms with Crippen LogP contribution < -0.4 is 5.32 Å². The largest absolute Gasteiger partial charge is 0.507 e. The number of carbonyl (C=O) groups excluding carboxylic acids is 1. The van der Waals surface area contributed by atoms with Gasteiger partial charge in [-0.05, 0) is 29.7 Å². The van der Waals surface area contributed by atoms with E-state index in [0.717, 1.165) is 16.8 Å². The van der Waals surface area contributed by atoms with Crippen molar-refractivity contribution in [3.05, 3.63) is 66.2 Å². The number of hydrogen-bond acceptors (Lipinski definition) is 3. The average molecular weight is 282 g/mol. The smallest absolute Gasteiger partial charge is 0.262 e. The highest BCUT2D eigenvalue weighted by atomic mass is 19.1. The lowest BCUT2D eigenvalue weighted by molar-refractivity contribution is 0.102. The Hall–Kier alpha value is -2.95. The van der Waals surface area contributed by atoms with E-state index in [0.29, 0.717) is 5.69 Å². The summed E-state index contributed by atoms with van der Waals surface area (Å²) in [5.74, 6) is -1.88. The van der Waals surface area contributed by atoms with Crippen LogP contribution in [0.2, 0.25) is 0 Å². The van der Waals surface area contributed by atoms with Gasteiger partial charge in [0.15, 0.2) is 0 Å². The van der Waals surface area contributed by atoms with E-state index in [2.05, 4.69) is 10.3 Å². The molecule has 0 saturated heterocycles. The molecule has 5 heteroatoms. The van der Waals surface area contributed by atoms with E-state index in [1.165, 1.54) is 12.1 Å². The Morgan fingerprint density at radius 2 is 1.95 bits per heavy atom. The van der Waals surface area contributed by atoms with Crippen LogP contribution in [0.15, 0.2) is 54.9 Å². The van der Waals surface area contributed by atoms with Gasteiger partial charge >= 0.3 is 0 Å². The Balaban J connectivity index is 2.01. The summed E-state index contributed by atoms with van der Waals surface area (Å²) in [5.41, 5.74) is 0.131. The molecule has 0 saturated carbocycles. The Morgan fingerprint density at radius 3 is 2.76 bits per heavy atom. The fourth-order valence-electron chi connectivity index (χ4n) is 2.14. The first-order chi connectivity index (χ1) is 10.2. The molecule has 0 aliphatic heterocycles. The SMILES string of the molecule is O=C(Nc1cccc2ccncc12)c1c(O)cccc1F. The molecule has 1 amide bonds. The van der Waals surface area contributed by atoms with Gasteiger partial charge in [0.2, 0.25) is 0 Å². The van der Waals surface area contributed by atoms with E-state index in [9.17, 15) is 14.3 Å². The number of fused-ring (bicyclic) bond motifs is 1. The number of nitrogens with zero attached hydrogens (tertiary/aromatic N) is 1. The number of pyridine rings is 1. The molecule has 1 aromatic heterocycles. The quantitative estimate of drug-likeness (QED) is 0.757. The van der Waals surface area contributed by atoms with Crippen molar-refractivity contribution < 1.29 is 14.3 Å². The maximum absolute atomic E-state index is 13.7. The molecule has 2 N–H and O–H groups in total. The van der Waals surface area contributed by atoms with Gasteiger partial charge in [0, 0.05) is 17.8 Å². The fraction of sp³-hybridized carbons (Fsp3) is 0. The summed E-state index contributed by atoms with van der Waals surface area (Å²) in [6.07, 6.45) is 3.27. The van der Waals surface area contributed by atoms with E-state index in [4.69, 9.17) is 0 Å². The van der Waals surface area contributed by atoms with Gasteiger partial charge in [-0.25, -0.2) is 4.39 Å². The van der Waals surface area contributed by atoms with Gasteiger partial charge < -0.3 is 10.4 Å². The molecule has 0 atom stereocenters. The number of aromatic hydroxyl groups is 1. The van der Waals surface area contributed by atoms with Crippen molar-refractivity contribution >= 4 is 22.4 Å². The molecule has 0 radical (unpaired) electrons. The summed E-state index contributed by atoms with van der Waals surface area (Å²) in [7, 11) is 0. The second kappa shape index (κ2) is 5.20. The van der Waals surface area contributed by atoms with Gasteiger partial charge in [-0.15, -0.1) is 0 Å². The number of aromatic nitrogens is 1. The minimum atomic E-state index is -0.772. The number of amides is 1. The second-order valence-electron chi connectivity index (χ2n) is 4.49. The molecule has 3 rings (SSSR count). The number of rotatable bonds is 2. The average Bonchev–Trinajstić information content (AvgIpc) is 2.47. The number of hydrogen-bond donors (Lipinski definition) is 2. The third kappa shape index (κ3) is 2.41. The van der Waals surface area contributed by atoms with Crippen molar-refractivity contribution in [1.82, 2.24) is 4.98 Å². The van der Waals surface area contributed by atoms with Crippen molar-refractivity contribution in [3.8, 4) is 5.75 Å². The molecular formula is C16H11FN2O2. The number of phenolic OH excluding ortho intramolecular Hbond substituents is 1. The molecule has 1 heterocycles. The lowest BCUT2D eigenvalue weighted by Crippen LogP contribution is -2.14. The van der Waals surface area contributed by atoms with Crippen molar-refractivity contribution in [2.75, 3.05) is 5.32 Å². The standard InChI is InChI=1S/C16H11FN2O2/c17-12-4-2-6-14(20)15(12)16(21)19-13-5-1-3-10-7-8-18-9-11(10)13/h1-9,20H,(H,19,21). The maximum atomic E-state index is 13.7. The highest BCUT2D eigenvalue weighted by Gasteiger charge is 2.17. The lowest BCUT2D eigenvalue weighted by atomic mass is 10.1. The van der Waals surface area contributed by atoms with Crippen molar-refractivity contribution in [1.29, 1.82) is 0 Å². The number of nitrogens with one attached hydrogen (secondary N) is 1. The molecule has 104 valence electrons. The molecule has 0 unspecified atom stereocenters. The van der Waals surface area contributed by atoms with E-state index in [1.807, 2.05) is 12.1 Å². The Labute approximate surface area is 119 Å². The first-order valence-corrected chi connectivity index (χ1v) is 6.28. The molecule has 4 nitrogen and oxygen atoms in total. The van der Waals surface area contributed by atoms with Crippen LogP contribution in [0.25, 0.3) is 10.8 Å². The van der Waals surface area contributed by atoms with Crippen LogP contribution in [0.4, 0.5) is 10.1 Å². The zero-order valence-electron chi connectivity index (χ0n) is 10.9. The zero-order chi connectivity index (χ0) is 14.8. The molecule has 0 spiro atoms. The van der Waals surface area contributed by atoms with Crippen molar-refractivity contribution in [2.45, 2.75) is 0 Å². The van der Waals surface area contributed by atoms with E-state index >= 15 is 0 Å². The van der Waals surface area contributed by atoms with Crippen molar-refractivity contribution in [3.63, 3.8) is 0 Å². The van der Waals surface area contributed by atoms with Crippen LogP contribution in [0.5, 0.6) is 5.75 Å². The molecule has 3 aromatic rings. The summed E-state index contributed by atoms with van der Waals surface area (Å²) < 4.78 is 13.7. The number of carbonyl (C=O) groups is 1. The monoisotopic (exact) mass is 282 g/mol. The summed E-state index contributed by atoms with van der Waals surface area (Å²) in [6.45, 7) is 0. The van der Waals surface area contributed by atoms with E-state index < -0.39 is 17.5 Å². The van der Waals surface area contributed by atoms with Gasteiger partial charge in [-0.1, -0.05) is 18.2 Å². The van der Waals surface area contributed by atoms with Gasteiger partial charge in [-0.3, -0.25) is 9.78 Å². The second-order valence-corrected chi connectivity index (χ2v) is 4.49. The third-order valence-electron chi connectivity index (χ3n) is 3.15. The van der Waals surface area contributed by atoms with Crippen LogP contribution in [-0.4, -0.2) is 16.0 Å². The Morgan fingerprint density at radius 1 is 1.14 bits per heavy atom. The fourth-order valence-corrected chi connectivity index (χ4v) is 2.14. The minimum Gasteiger partial charge on any atom is -0.507 e. The van der Waals surface area contributed by atoms with Crippen LogP contribution in [0.3, 0.4) is 0 Å². The normalized spacial score (nSPS) is 10.5. The number of phenols is 1. The summed E-state index contributed by atoms with van der Waals surface area (Å²) in [5, 5.41) is 13.9. The maximum Gasteiger partial charge on any atom is 0.262 e. The van der Waals surface area contributed by atoms with Gasteiger partial charge in [0.05, 0.1) is 5.69 Å². The van der Waals surface area contributed by atoms with Crippen LogP contribution in [0, 0.1) is 5.82 Å². The predicted octanol–water partition coefficient (Wildman–Crippen LogP) is 3.33. The van der Waals surface area contributed by atoms with Crippen LogP contribution >= 0.6 is 0 Å². The summed E-state index contributed by atoms with van der Waals surface area (Å²) >= 11 is 0. The van der Waals surface area contributed by atoms with Crippen LogP contribution in [-0.2, 0) is 0 Å². The third-order valence-corrected chi connectivity index (χ3v) is 3.15. The van der Waals surface area contributed by atoms with Gasteiger partial charge in [0.1, 0.15) is 17.1 Å². The molecular weight excluding hydrogens is 271 g/mol. The molecule has 0 fully saturated rings. The highest BCUT2D eigenvalue weighted by Crippen LogP contribution is 2.25.